The molecule has 0 aliphatic rings. The minimum Gasteiger partial charge on any atom is -0.493 e. The van der Waals surface area contributed by atoms with Crippen molar-refractivity contribution in [2.45, 2.75) is 44.9 Å². The average Bonchev–Trinajstić information content (AvgIpc) is 2.56. The first-order chi connectivity index (χ1) is 11.9. The summed E-state index contributed by atoms with van der Waals surface area (Å²) < 4.78 is 1.49. The SMILES string of the molecule is CCCn1c(SCC(=O)N(c2ccccc2)C(C)C)nc(O)cc1=O. The Balaban J connectivity index is 2.20. The van der Waals surface area contributed by atoms with E-state index in [-0.39, 0.29) is 29.1 Å². The molecule has 0 radical (unpaired) electrons. The topological polar surface area (TPSA) is 75.4 Å². The molecular formula is C18H23N3O3S. The predicted octanol–water partition coefficient (Wildman–Crippen LogP) is 2.89. The molecule has 1 heterocycles. The first kappa shape index (κ1) is 19.1. The maximum absolute atomic E-state index is 12.7. The Labute approximate surface area is 151 Å². The molecule has 1 N–H and O–H groups in total. The summed E-state index contributed by atoms with van der Waals surface area (Å²) in [6.45, 7) is 6.36. The van der Waals surface area contributed by atoms with Crippen LogP contribution < -0.4 is 10.5 Å². The van der Waals surface area contributed by atoms with Gasteiger partial charge in [0.15, 0.2) is 5.16 Å². The van der Waals surface area contributed by atoms with Crippen molar-refractivity contribution in [2.24, 2.45) is 0 Å². The van der Waals surface area contributed by atoms with Crippen LogP contribution in [0.3, 0.4) is 0 Å². The fraction of sp³-hybridized carbons (Fsp3) is 0.389. The van der Waals surface area contributed by atoms with Crippen LogP contribution in [0.5, 0.6) is 5.88 Å². The molecule has 0 atom stereocenters. The maximum atomic E-state index is 12.7. The number of nitrogens with zero attached hydrogens (tertiary/aromatic N) is 3. The lowest BCUT2D eigenvalue weighted by Gasteiger charge is -2.26. The molecule has 7 heteroatoms. The van der Waals surface area contributed by atoms with Crippen molar-refractivity contribution in [2.75, 3.05) is 10.7 Å². The van der Waals surface area contributed by atoms with Crippen LogP contribution in [0, 0.1) is 0 Å². The van der Waals surface area contributed by atoms with Crippen LogP contribution in [0.4, 0.5) is 5.69 Å². The molecule has 0 bridgehead atoms. The largest absolute Gasteiger partial charge is 0.493 e. The van der Waals surface area contributed by atoms with Crippen molar-refractivity contribution < 1.29 is 9.90 Å². The number of aromatic nitrogens is 2. The van der Waals surface area contributed by atoms with Gasteiger partial charge in [0, 0.05) is 18.3 Å². The van der Waals surface area contributed by atoms with Crippen molar-refractivity contribution in [3.63, 3.8) is 0 Å². The monoisotopic (exact) mass is 361 g/mol. The van der Waals surface area contributed by atoms with Gasteiger partial charge in [0.25, 0.3) is 5.56 Å². The second-order valence-electron chi connectivity index (χ2n) is 5.87. The number of anilines is 1. The standard InChI is InChI=1S/C18H23N3O3S/c1-4-10-20-16(23)11-15(22)19-18(20)25-12-17(24)21(13(2)3)14-8-6-5-7-9-14/h5-9,11,13,22H,4,10,12H2,1-3H3. The van der Waals surface area contributed by atoms with E-state index in [0.29, 0.717) is 11.7 Å². The molecule has 0 aliphatic heterocycles. The van der Waals surface area contributed by atoms with E-state index in [0.717, 1.165) is 29.9 Å². The van der Waals surface area contributed by atoms with E-state index in [4.69, 9.17) is 0 Å². The molecule has 0 unspecified atom stereocenters. The van der Waals surface area contributed by atoms with Crippen molar-refractivity contribution in [1.82, 2.24) is 9.55 Å². The number of hydrogen-bond acceptors (Lipinski definition) is 5. The van der Waals surface area contributed by atoms with Gasteiger partial charge in [-0.15, -0.1) is 0 Å². The van der Waals surface area contributed by atoms with Gasteiger partial charge >= 0.3 is 0 Å². The van der Waals surface area contributed by atoms with E-state index in [1.165, 1.54) is 4.57 Å². The van der Waals surface area contributed by atoms with E-state index in [2.05, 4.69) is 4.98 Å². The van der Waals surface area contributed by atoms with Crippen LogP contribution in [0.2, 0.25) is 0 Å². The Morgan fingerprint density at radius 1 is 1.32 bits per heavy atom. The van der Waals surface area contributed by atoms with Gasteiger partial charge in [-0.3, -0.25) is 14.2 Å². The molecule has 0 aliphatic carbocycles. The van der Waals surface area contributed by atoms with Crippen molar-refractivity contribution in [3.8, 4) is 5.88 Å². The van der Waals surface area contributed by atoms with Gasteiger partial charge in [0.1, 0.15) is 0 Å². The molecule has 1 amide bonds. The molecule has 6 nitrogen and oxygen atoms in total. The zero-order chi connectivity index (χ0) is 18.4. The number of benzene rings is 1. The number of thioether (sulfide) groups is 1. The second kappa shape index (κ2) is 8.71. The third-order valence-electron chi connectivity index (χ3n) is 3.55. The van der Waals surface area contributed by atoms with Gasteiger partial charge < -0.3 is 10.0 Å². The minimum absolute atomic E-state index is 0.00506. The second-order valence-corrected chi connectivity index (χ2v) is 6.81. The molecule has 25 heavy (non-hydrogen) atoms. The third-order valence-corrected chi connectivity index (χ3v) is 4.51. The van der Waals surface area contributed by atoms with Gasteiger partial charge in [-0.05, 0) is 32.4 Å². The zero-order valence-corrected chi connectivity index (χ0v) is 15.5. The molecule has 0 saturated heterocycles. The fourth-order valence-corrected chi connectivity index (χ4v) is 3.41. The maximum Gasteiger partial charge on any atom is 0.257 e. The molecule has 1 aromatic heterocycles. The van der Waals surface area contributed by atoms with Crippen LogP contribution >= 0.6 is 11.8 Å². The number of para-hydroxylation sites is 1. The fourth-order valence-electron chi connectivity index (χ4n) is 2.53. The summed E-state index contributed by atoms with van der Waals surface area (Å²) >= 11 is 1.16. The summed E-state index contributed by atoms with van der Waals surface area (Å²) in [7, 11) is 0. The summed E-state index contributed by atoms with van der Waals surface area (Å²) in [4.78, 5) is 30.5. The highest BCUT2D eigenvalue weighted by molar-refractivity contribution is 7.99. The van der Waals surface area contributed by atoms with Crippen LogP contribution in [0.1, 0.15) is 27.2 Å². The highest BCUT2D eigenvalue weighted by atomic mass is 32.2. The Kier molecular flexibility index (Phi) is 6.64. The Bertz CT molecular complexity index is 775. The van der Waals surface area contributed by atoms with E-state index >= 15 is 0 Å². The Morgan fingerprint density at radius 3 is 2.60 bits per heavy atom. The lowest BCUT2D eigenvalue weighted by atomic mass is 10.2. The first-order valence-corrected chi connectivity index (χ1v) is 9.23. The summed E-state index contributed by atoms with van der Waals surface area (Å²) in [6, 6.07) is 10.6. The number of carbonyl (C=O) groups excluding carboxylic acids is 1. The molecular weight excluding hydrogens is 338 g/mol. The van der Waals surface area contributed by atoms with Crippen LogP contribution in [-0.4, -0.2) is 32.4 Å². The van der Waals surface area contributed by atoms with E-state index in [1.54, 1.807) is 4.90 Å². The quantitative estimate of drug-likeness (QED) is 0.606. The highest BCUT2D eigenvalue weighted by Crippen LogP contribution is 2.21. The van der Waals surface area contributed by atoms with Crippen LogP contribution in [0.25, 0.3) is 0 Å². The zero-order valence-electron chi connectivity index (χ0n) is 14.7. The van der Waals surface area contributed by atoms with E-state index in [1.807, 2.05) is 51.1 Å². The van der Waals surface area contributed by atoms with Crippen LogP contribution in [0.15, 0.2) is 46.3 Å². The minimum atomic E-state index is -0.323. The average molecular weight is 361 g/mol. The van der Waals surface area contributed by atoms with Crippen LogP contribution in [-0.2, 0) is 11.3 Å². The van der Waals surface area contributed by atoms with E-state index in [9.17, 15) is 14.7 Å². The summed E-state index contributed by atoms with van der Waals surface area (Å²) in [5.41, 5.74) is 0.519. The summed E-state index contributed by atoms with van der Waals surface area (Å²) in [5, 5.41) is 9.95. The van der Waals surface area contributed by atoms with Gasteiger partial charge in [-0.2, -0.15) is 4.98 Å². The number of amides is 1. The third kappa shape index (κ3) is 4.85. The summed E-state index contributed by atoms with van der Waals surface area (Å²) in [6.07, 6.45) is 0.760. The molecule has 1 aromatic carbocycles. The van der Waals surface area contributed by atoms with Crippen molar-refractivity contribution in [3.05, 3.63) is 46.8 Å². The van der Waals surface area contributed by atoms with Gasteiger partial charge in [0.2, 0.25) is 11.8 Å². The Morgan fingerprint density at radius 2 is 2.00 bits per heavy atom. The van der Waals surface area contributed by atoms with Gasteiger partial charge in [0.05, 0.1) is 11.8 Å². The Hall–Kier alpha value is -2.28. The molecule has 2 aromatic rings. The molecule has 0 saturated carbocycles. The molecule has 2 rings (SSSR count). The van der Waals surface area contributed by atoms with Gasteiger partial charge in [-0.25, -0.2) is 0 Å². The lowest BCUT2D eigenvalue weighted by Crippen LogP contribution is -2.38. The number of aromatic hydroxyl groups is 1. The van der Waals surface area contributed by atoms with E-state index < -0.39 is 0 Å². The predicted molar refractivity (Wildman–Crippen MR) is 100 cm³/mol. The highest BCUT2D eigenvalue weighted by Gasteiger charge is 2.20. The summed E-state index contributed by atoms with van der Waals surface area (Å²) in [5.74, 6) is -0.268. The lowest BCUT2D eigenvalue weighted by molar-refractivity contribution is -0.116. The van der Waals surface area contributed by atoms with Crippen molar-refractivity contribution >= 4 is 23.4 Å². The molecule has 0 fully saturated rings. The normalized spacial score (nSPS) is 10.9. The molecule has 134 valence electrons. The smallest absolute Gasteiger partial charge is 0.257 e. The molecule has 0 spiro atoms. The first-order valence-electron chi connectivity index (χ1n) is 8.24. The van der Waals surface area contributed by atoms with Crippen molar-refractivity contribution in [1.29, 1.82) is 0 Å². The number of rotatable bonds is 7. The van der Waals surface area contributed by atoms with Gasteiger partial charge in [-0.1, -0.05) is 36.9 Å². The number of carbonyl (C=O) groups is 1. The number of hydrogen-bond donors (Lipinski definition) is 1.